The lowest BCUT2D eigenvalue weighted by molar-refractivity contribution is -0.168. The number of alkyl halides is 4. The highest BCUT2D eigenvalue weighted by molar-refractivity contribution is 6.07. The van der Waals surface area contributed by atoms with Gasteiger partial charge in [0.2, 0.25) is 0 Å². The fourth-order valence-corrected chi connectivity index (χ4v) is 2.84. The minimum Gasteiger partial charge on any atom is -0.496 e. The largest absolute Gasteiger partial charge is 0.496 e. The molecule has 9 heteroatoms. The molecule has 2 aromatic carbocycles. The first-order chi connectivity index (χ1) is 14.8. The van der Waals surface area contributed by atoms with Crippen molar-refractivity contribution in [1.29, 1.82) is 0 Å². The molecule has 1 aliphatic heterocycles. The Morgan fingerprint density at radius 3 is 2.58 bits per heavy atom. The molecule has 5 nitrogen and oxygen atoms in total. The topological polar surface area (TPSA) is 54.0 Å². The van der Waals surface area contributed by atoms with Crippen LogP contribution in [0.25, 0.3) is 6.08 Å². The van der Waals surface area contributed by atoms with E-state index in [9.17, 15) is 22.4 Å². The molecule has 0 spiro atoms. The third kappa shape index (κ3) is 5.75. The zero-order valence-corrected chi connectivity index (χ0v) is 16.6. The SMILES string of the molecule is COc1ccc(C=CC(=O)c2ccc3c(c2)OCCO3)cc1COCC(F)(F)C(F)F. The van der Waals surface area contributed by atoms with Crippen LogP contribution in [0.5, 0.6) is 17.2 Å². The Labute approximate surface area is 176 Å². The molecule has 0 bridgehead atoms. The van der Waals surface area contributed by atoms with Gasteiger partial charge in [0.1, 0.15) is 25.6 Å². The Kier molecular flexibility index (Phi) is 7.17. The smallest absolute Gasteiger partial charge is 0.330 e. The van der Waals surface area contributed by atoms with Crippen LogP contribution in [0.4, 0.5) is 17.6 Å². The number of fused-ring (bicyclic) bond motifs is 1. The number of carbonyl (C=O) groups excluding carboxylic acids is 1. The third-order valence-electron chi connectivity index (χ3n) is 4.43. The lowest BCUT2D eigenvalue weighted by Crippen LogP contribution is -2.32. The summed E-state index contributed by atoms with van der Waals surface area (Å²) in [4.78, 5) is 12.5. The number of ether oxygens (including phenoxy) is 4. The molecule has 3 rings (SSSR count). The Morgan fingerprint density at radius 1 is 1.13 bits per heavy atom. The van der Waals surface area contributed by atoms with E-state index in [1.54, 1.807) is 36.4 Å². The van der Waals surface area contributed by atoms with Crippen molar-refractivity contribution in [3.63, 3.8) is 0 Å². The van der Waals surface area contributed by atoms with Crippen LogP contribution in [0.15, 0.2) is 42.5 Å². The number of hydrogen-bond donors (Lipinski definition) is 0. The van der Waals surface area contributed by atoms with Crippen molar-refractivity contribution >= 4 is 11.9 Å². The van der Waals surface area contributed by atoms with Crippen molar-refractivity contribution in [3.8, 4) is 17.2 Å². The zero-order chi connectivity index (χ0) is 22.4. The van der Waals surface area contributed by atoms with Crippen molar-refractivity contribution in [2.45, 2.75) is 19.0 Å². The number of rotatable bonds is 9. The minimum absolute atomic E-state index is 0.276. The van der Waals surface area contributed by atoms with Crippen molar-refractivity contribution < 1.29 is 41.3 Å². The van der Waals surface area contributed by atoms with Crippen molar-refractivity contribution in [2.24, 2.45) is 0 Å². The van der Waals surface area contributed by atoms with Crippen LogP contribution in [0.3, 0.4) is 0 Å². The van der Waals surface area contributed by atoms with Gasteiger partial charge in [0, 0.05) is 11.1 Å². The number of ketones is 1. The molecule has 1 aliphatic rings. The van der Waals surface area contributed by atoms with E-state index in [1.165, 1.54) is 19.3 Å². The molecule has 0 saturated heterocycles. The standard InChI is InChI=1S/C22H20F4O5/c1-28-18-6-3-14(10-16(18)12-29-13-22(25,26)21(23)24)2-5-17(27)15-4-7-19-20(11-15)31-9-8-30-19/h2-7,10-11,21H,8-9,12-13H2,1H3. The highest BCUT2D eigenvalue weighted by Crippen LogP contribution is 2.31. The van der Waals surface area contributed by atoms with Gasteiger partial charge in [0.15, 0.2) is 17.3 Å². The maximum atomic E-state index is 13.0. The Balaban J connectivity index is 1.69. The van der Waals surface area contributed by atoms with Crippen LogP contribution in [0.1, 0.15) is 21.5 Å². The molecule has 0 radical (unpaired) electrons. The maximum absolute atomic E-state index is 13.0. The fourth-order valence-electron chi connectivity index (χ4n) is 2.84. The summed E-state index contributed by atoms with van der Waals surface area (Å²) in [5.74, 6) is -3.10. The van der Waals surface area contributed by atoms with Gasteiger partial charge in [0.25, 0.3) is 0 Å². The number of allylic oxidation sites excluding steroid dienone is 1. The number of carbonyl (C=O) groups is 1. The van der Waals surface area contributed by atoms with E-state index in [2.05, 4.69) is 0 Å². The second-order valence-corrected chi connectivity index (χ2v) is 6.68. The predicted octanol–water partition coefficient (Wildman–Crippen LogP) is 4.78. The molecular formula is C22H20F4O5. The summed E-state index contributed by atoms with van der Waals surface area (Å²) < 4.78 is 71.3. The van der Waals surface area contributed by atoms with E-state index in [1.807, 2.05) is 0 Å². The van der Waals surface area contributed by atoms with E-state index in [0.717, 1.165) is 0 Å². The van der Waals surface area contributed by atoms with Gasteiger partial charge in [-0.05, 0) is 42.0 Å². The van der Waals surface area contributed by atoms with Gasteiger partial charge in [-0.15, -0.1) is 0 Å². The lowest BCUT2D eigenvalue weighted by atomic mass is 10.1. The second kappa shape index (κ2) is 9.82. The van der Waals surface area contributed by atoms with Gasteiger partial charge in [-0.3, -0.25) is 4.79 Å². The lowest BCUT2D eigenvalue weighted by Gasteiger charge is -2.18. The van der Waals surface area contributed by atoms with E-state index in [0.29, 0.717) is 47.2 Å². The molecular weight excluding hydrogens is 420 g/mol. The van der Waals surface area contributed by atoms with Gasteiger partial charge in [0.05, 0.1) is 13.7 Å². The van der Waals surface area contributed by atoms with Crippen LogP contribution in [-0.2, 0) is 11.3 Å². The molecule has 0 aromatic heterocycles. The Hall–Kier alpha value is -3.07. The Bertz CT molecular complexity index is 959. The van der Waals surface area contributed by atoms with Crippen LogP contribution < -0.4 is 14.2 Å². The first kappa shape index (κ1) is 22.6. The molecule has 1 heterocycles. The van der Waals surface area contributed by atoms with Crippen molar-refractivity contribution in [3.05, 3.63) is 59.2 Å². The van der Waals surface area contributed by atoms with E-state index in [4.69, 9.17) is 18.9 Å². The predicted molar refractivity (Wildman–Crippen MR) is 104 cm³/mol. The summed E-state index contributed by atoms with van der Waals surface area (Å²) in [6.07, 6.45) is -0.922. The van der Waals surface area contributed by atoms with Crippen LogP contribution in [-0.4, -0.2) is 45.1 Å². The summed E-state index contributed by atoms with van der Waals surface area (Å²) >= 11 is 0. The van der Waals surface area contributed by atoms with E-state index in [-0.39, 0.29) is 12.4 Å². The molecule has 31 heavy (non-hydrogen) atoms. The highest BCUT2D eigenvalue weighted by atomic mass is 19.3. The van der Waals surface area contributed by atoms with Crippen LogP contribution >= 0.6 is 0 Å². The van der Waals surface area contributed by atoms with E-state index >= 15 is 0 Å². The molecule has 0 unspecified atom stereocenters. The maximum Gasteiger partial charge on any atom is 0.330 e. The quantitative estimate of drug-likeness (QED) is 0.319. The third-order valence-corrected chi connectivity index (χ3v) is 4.43. The van der Waals surface area contributed by atoms with Gasteiger partial charge in [-0.1, -0.05) is 12.1 Å². The Morgan fingerprint density at radius 2 is 1.87 bits per heavy atom. The number of methoxy groups -OCH3 is 1. The normalized spacial score (nSPS) is 13.6. The first-order valence-electron chi connectivity index (χ1n) is 9.33. The van der Waals surface area contributed by atoms with Gasteiger partial charge < -0.3 is 18.9 Å². The second-order valence-electron chi connectivity index (χ2n) is 6.68. The molecule has 0 fully saturated rings. The summed E-state index contributed by atoms with van der Waals surface area (Å²) in [6.45, 7) is -0.927. The zero-order valence-electron chi connectivity index (χ0n) is 16.6. The van der Waals surface area contributed by atoms with Crippen molar-refractivity contribution in [2.75, 3.05) is 26.9 Å². The molecule has 0 amide bonds. The number of benzene rings is 2. The molecule has 0 N–H and O–H groups in total. The van der Waals surface area contributed by atoms with Gasteiger partial charge in [-0.2, -0.15) is 8.78 Å². The minimum atomic E-state index is -4.24. The van der Waals surface area contributed by atoms with Gasteiger partial charge >= 0.3 is 12.3 Å². The summed E-state index contributed by atoms with van der Waals surface area (Å²) in [5.41, 5.74) is 1.36. The molecule has 0 aliphatic carbocycles. The average Bonchev–Trinajstić information content (AvgIpc) is 2.77. The summed E-state index contributed by atoms with van der Waals surface area (Å²) in [6, 6.07) is 9.66. The monoisotopic (exact) mass is 440 g/mol. The number of halogens is 4. The molecule has 0 saturated carbocycles. The van der Waals surface area contributed by atoms with Crippen LogP contribution in [0.2, 0.25) is 0 Å². The van der Waals surface area contributed by atoms with Crippen LogP contribution in [0, 0.1) is 0 Å². The van der Waals surface area contributed by atoms with Crippen molar-refractivity contribution in [1.82, 2.24) is 0 Å². The average molecular weight is 440 g/mol. The van der Waals surface area contributed by atoms with Gasteiger partial charge in [-0.25, -0.2) is 8.78 Å². The molecule has 166 valence electrons. The first-order valence-corrected chi connectivity index (χ1v) is 9.33. The highest BCUT2D eigenvalue weighted by Gasteiger charge is 2.41. The van der Waals surface area contributed by atoms with E-state index < -0.39 is 19.0 Å². The molecule has 2 aromatic rings. The summed E-state index contributed by atoms with van der Waals surface area (Å²) in [7, 11) is 1.38. The molecule has 0 atom stereocenters. The number of hydrogen-bond acceptors (Lipinski definition) is 5. The summed E-state index contributed by atoms with van der Waals surface area (Å²) in [5, 5.41) is 0. The fraction of sp³-hybridized carbons (Fsp3) is 0.318.